The number of esters is 1. The summed E-state index contributed by atoms with van der Waals surface area (Å²) < 4.78 is 11.3. The van der Waals surface area contributed by atoms with Crippen LogP contribution in [0.15, 0.2) is 22.7 Å². The first-order chi connectivity index (χ1) is 9.08. The van der Waals surface area contributed by atoms with Crippen molar-refractivity contribution < 1.29 is 14.3 Å². The van der Waals surface area contributed by atoms with Gasteiger partial charge in [-0.2, -0.15) is 0 Å². The Hall–Kier alpha value is -1.07. The normalized spacial score (nSPS) is 12.0. The van der Waals surface area contributed by atoms with E-state index in [0.29, 0.717) is 13.2 Å². The second-order valence-electron chi connectivity index (χ2n) is 4.23. The SMILES string of the molecule is CCCOc1ccc(Br)cc1CNC(C)C(=O)OC. The highest BCUT2D eigenvalue weighted by atomic mass is 79.9. The first kappa shape index (κ1) is 16.0. The summed E-state index contributed by atoms with van der Waals surface area (Å²) >= 11 is 3.44. The molecule has 1 rings (SSSR count). The predicted octanol–water partition coefficient (Wildman–Crippen LogP) is 2.89. The Kier molecular flexibility index (Phi) is 6.87. The van der Waals surface area contributed by atoms with Crippen molar-refractivity contribution in [3.8, 4) is 5.75 Å². The molecule has 0 bridgehead atoms. The van der Waals surface area contributed by atoms with Gasteiger partial charge < -0.3 is 14.8 Å². The lowest BCUT2D eigenvalue weighted by Crippen LogP contribution is -2.34. The molecule has 1 atom stereocenters. The zero-order valence-corrected chi connectivity index (χ0v) is 13.1. The molecule has 0 amide bonds. The van der Waals surface area contributed by atoms with Crippen molar-refractivity contribution in [1.82, 2.24) is 5.32 Å². The molecule has 0 aromatic heterocycles. The molecule has 0 aliphatic carbocycles. The lowest BCUT2D eigenvalue weighted by Gasteiger charge is -2.15. The third-order valence-electron chi connectivity index (χ3n) is 2.64. The van der Waals surface area contributed by atoms with Crippen LogP contribution in [0.2, 0.25) is 0 Å². The van der Waals surface area contributed by atoms with Crippen LogP contribution in [-0.4, -0.2) is 25.7 Å². The number of rotatable bonds is 7. The van der Waals surface area contributed by atoms with E-state index in [1.54, 1.807) is 6.92 Å². The standard InChI is InChI=1S/C14H20BrNO3/c1-4-7-19-13-6-5-12(15)8-11(13)9-16-10(2)14(17)18-3/h5-6,8,10,16H,4,7,9H2,1-3H3. The maximum absolute atomic E-state index is 11.3. The monoisotopic (exact) mass is 329 g/mol. The molecular weight excluding hydrogens is 310 g/mol. The van der Waals surface area contributed by atoms with Gasteiger partial charge in [0.25, 0.3) is 0 Å². The molecule has 1 unspecified atom stereocenters. The maximum atomic E-state index is 11.3. The number of carbonyl (C=O) groups is 1. The second kappa shape index (κ2) is 8.17. The molecule has 5 heteroatoms. The van der Waals surface area contributed by atoms with E-state index in [2.05, 4.69) is 32.9 Å². The summed E-state index contributed by atoms with van der Waals surface area (Å²) in [5.41, 5.74) is 1.01. The van der Waals surface area contributed by atoms with E-state index in [1.807, 2.05) is 18.2 Å². The molecular formula is C14H20BrNO3. The number of hydrogen-bond acceptors (Lipinski definition) is 4. The topological polar surface area (TPSA) is 47.6 Å². The number of ether oxygens (including phenoxy) is 2. The highest BCUT2D eigenvalue weighted by Gasteiger charge is 2.13. The van der Waals surface area contributed by atoms with E-state index >= 15 is 0 Å². The first-order valence-corrected chi connectivity index (χ1v) is 7.10. The molecule has 0 radical (unpaired) electrons. The molecule has 4 nitrogen and oxygen atoms in total. The van der Waals surface area contributed by atoms with Crippen molar-refractivity contribution in [3.63, 3.8) is 0 Å². The van der Waals surface area contributed by atoms with Crippen LogP contribution < -0.4 is 10.1 Å². The van der Waals surface area contributed by atoms with Gasteiger partial charge in [0.05, 0.1) is 13.7 Å². The van der Waals surface area contributed by atoms with Gasteiger partial charge in [-0.1, -0.05) is 22.9 Å². The summed E-state index contributed by atoms with van der Waals surface area (Å²) in [5, 5.41) is 3.12. The van der Waals surface area contributed by atoms with Crippen LogP contribution in [0, 0.1) is 0 Å². The molecule has 1 aromatic carbocycles. The minimum Gasteiger partial charge on any atom is -0.493 e. The molecule has 0 saturated carbocycles. The molecule has 0 aliphatic heterocycles. The van der Waals surface area contributed by atoms with Gasteiger partial charge >= 0.3 is 5.97 Å². The molecule has 0 fully saturated rings. The van der Waals surface area contributed by atoms with Crippen LogP contribution in [0.25, 0.3) is 0 Å². The molecule has 0 saturated heterocycles. The Bertz CT molecular complexity index is 423. The number of halogens is 1. The van der Waals surface area contributed by atoms with Crippen molar-refractivity contribution in [2.45, 2.75) is 32.9 Å². The molecule has 1 aromatic rings. The minimum absolute atomic E-state index is 0.272. The fourth-order valence-electron chi connectivity index (χ4n) is 1.56. The average molecular weight is 330 g/mol. The quantitative estimate of drug-likeness (QED) is 0.781. The van der Waals surface area contributed by atoms with E-state index in [9.17, 15) is 4.79 Å². The summed E-state index contributed by atoms with van der Waals surface area (Å²) in [6.45, 7) is 5.07. The summed E-state index contributed by atoms with van der Waals surface area (Å²) in [7, 11) is 1.38. The smallest absolute Gasteiger partial charge is 0.322 e. The van der Waals surface area contributed by atoms with Crippen LogP contribution in [0.5, 0.6) is 5.75 Å². The third kappa shape index (κ3) is 5.20. The third-order valence-corrected chi connectivity index (χ3v) is 3.13. The molecule has 1 N–H and O–H groups in total. The summed E-state index contributed by atoms with van der Waals surface area (Å²) in [4.78, 5) is 11.3. The van der Waals surface area contributed by atoms with Gasteiger partial charge in [-0.3, -0.25) is 4.79 Å². The maximum Gasteiger partial charge on any atom is 0.322 e. The number of methoxy groups -OCH3 is 1. The zero-order valence-electron chi connectivity index (χ0n) is 11.5. The van der Waals surface area contributed by atoms with Crippen molar-refractivity contribution in [2.75, 3.05) is 13.7 Å². The Labute approximate surface area is 122 Å². The van der Waals surface area contributed by atoms with Crippen LogP contribution in [0.4, 0.5) is 0 Å². The highest BCUT2D eigenvalue weighted by molar-refractivity contribution is 9.10. The number of carbonyl (C=O) groups excluding carboxylic acids is 1. The number of nitrogens with one attached hydrogen (secondary N) is 1. The van der Waals surface area contributed by atoms with Crippen molar-refractivity contribution in [2.24, 2.45) is 0 Å². The van der Waals surface area contributed by atoms with Gasteiger partial charge in [0.1, 0.15) is 11.8 Å². The Balaban J connectivity index is 2.69. The summed E-state index contributed by atoms with van der Waals surface area (Å²) in [6, 6.07) is 5.52. The first-order valence-electron chi connectivity index (χ1n) is 6.31. The van der Waals surface area contributed by atoms with E-state index < -0.39 is 0 Å². The Morgan fingerprint density at radius 1 is 1.47 bits per heavy atom. The van der Waals surface area contributed by atoms with Gasteiger partial charge in [-0.25, -0.2) is 0 Å². The second-order valence-corrected chi connectivity index (χ2v) is 5.14. The van der Waals surface area contributed by atoms with Crippen LogP contribution in [-0.2, 0) is 16.1 Å². The average Bonchev–Trinajstić information content (AvgIpc) is 2.42. The fourth-order valence-corrected chi connectivity index (χ4v) is 1.97. The lowest BCUT2D eigenvalue weighted by atomic mass is 10.2. The van der Waals surface area contributed by atoms with Gasteiger partial charge in [0.15, 0.2) is 0 Å². The van der Waals surface area contributed by atoms with E-state index in [-0.39, 0.29) is 12.0 Å². The molecule has 0 heterocycles. The summed E-state index contributed by atoms with van der Waals surface area (Å²) in [5.74, 6) is 0.570. The lowest BCUT2D eigenvalue weighted by molar-refractivity contribution is -0.142. The van der Waals surface area contributed by atoms with Gasteiger partial charge in [-0.15, -0.1) is 0 Å². The summed E-state index contributed by atoms with van der Waals surface area (Å²) in [6.07, 6.45) is 0.960. The van der Waals surface area contributed by atoms with Crippen LogP contribution in [0.1, 0.15) is 25.8 Å². The number of benzene rings is 1. The van der Waals surface area contributed by atoms with Gasteiger partial charge in [0, 0.05) is 16.6 Å². The van der Waals surface area contributed by atoms with E-state index in [0.717, 1.165) is 22.2 Å². The van der Waals surface area contributed by atoms with Crippen molar-refractivity contribution in [3.05, 3.63) is 28.2 Å². The van der Waals surface area contributed by atoms with Crippen LogP contribution >= 0.6 is 15.9 Å². The Morgan fingerprint density at radius 2 is 2.21 bits per heavy atom. The molecule has 0 spiro atoms. The van der Waals surface area contributed by atoms with Crippen molar-refractivity contribution >= 4 is 21.9 Å². The highest BCUT2D eigenvalue weighted by Crippen LogP contribution is 2.23. The van der Waals surface area contributed by atoms with Gasteiger partial charge in [0.2, 0.25) is 0 Å². The Morgan fingerprint density at radius 3 is 2.84 bits per heavy atom. The molecule has 0 aliphatic rings. The zero-order chi connectivity index (χ0) is 14.3. The predicted molar refractivity (Wildman–Crippen MR) is 78.2 cm³/mol. The fraction of sp³-hybridized carbons (Fsp3) is 0.500. The minimum atomic E-state index is -0.344. The largest absolute Gasteiger partial charge is 0.493 e. The van der Waals surface area contributed by atoms with Crippen molar-refractivity contribution in [1.29, 1.82) is 0 Å². The van der Waals surface area contributed by atoms with Crippen LogP contribution in [0.3, 0.4) is 0 Å². The number of hydrogen-bond donors (Lipinski definition) is 1. The van der Waals surface area contributed by atoms with E-state index in [1.165, 1.54) is 7.11 Å². The molecule has 19 heavy (non-hydrogen) atoms. The van der Waals surface area contributed by atoms with Gasteiger partial charge in [-0.05, 0) is 31.5 Å². The van der Waals surface area contributed by atoms with E-state index in [4.69, 9.17) is 4.74 Å². The molecule has 106 valence electrons.